The van der Waals surface area contributed by atoms with Crippen LogP contribution in [0.4, 0.5) is 18.9 Å². The highest BCUT2D eigenvalue weighted by Gasteiger charge is 2.16. The minimum absolute atomic E-state index is 0.0585. The average molecular weight is 428 g/mol. The molecule has 0 unspecified atom stereocenters. The molecule has 146 valence electrons. The second-order valence-electron chi connectivity index (χ2n) is 5.54. The molecule has 1 aromatic heterocycles. The maximum atomic E-state index is 13.3. The van der Waals surface area contributed by atoms with Crippen molar-refractivity contribution in [1.29, 1.82) is 0 Å². The highest BCUT2D eigenvalue weighted by atomic mass is 35.5. The second-order valence-corrected chi connectivity index (χ2v) is 6.89. The molecule has 0 spiro atoms. The number of benzene rings is 2. The topological polar surface area (TPSA) is 47.6 Å². The summed E-state index contributed by atoms with van der Waals surface area (Å²) in [5.74, 6) is -1.16. The number of hydrogen-bond acceptors (Lipinski definition) is 4. The lowest BCUT2D eigenvalue weighted by Crippen LogP contribution is -2.13. The summed E-state index contributed by atoms with van der Waals surface area (Å²) >= 11 is 7.05. The van der Waals surface area contributed by atoms with E-state index in [1.165, 1.54) is 0 Å². The van der Waals surface area contributed by atoms with Crippen LogP contribution in [0, 0.1) is 5.82 Å². The zero-order valence-electron chi connectivity index (χ0n) is 14.1. The van der Waals surface area contributed by atoms with Gasteiger partial charge in [0.25, 0.3) is 5.91 Å². The molecule has 1 heterocycles. The molecule has 1 N–H and O–H groups in total. The number of anilines is 1. The number of halogens is 4. The Balaban J connectivity index is 1.66. The van der Waals surface area contributed by atoms with Crippen molar-refractivity contribution in [1.82, 2.24) is 0 Å². The van der Waals surface area contributed by atoms with Crippen LogP contribution < -0.4 is 14.8 Å². The van der Waals surface area contributed by atoms with Crippen LogP contribution in [-0.4, -0.2) is 12.5 Å². The summed E-state index contributed by atoms with van der Waals surface area (Å²) in [7, 11) is 0. The van der Waals surface area contributed by atoms with Gasteiger partial charge in [0.1, 0.15) is 18.2 Å². The van der Waals surface area contributed by atoms with Crippen molar-refractivity contribution < 1.29 is 27.4 Å². The molecule has 2 aromatic carbocycles. The van der Waals surface area contributed by atoms with Gasteiger partial charge in [0.2, 0.25) is 0 Å². The summed E-state index contributed by atoms with van der Waals surface area (Å²) in [6.07, 6.45) is 0. The SMILES string of the molecule is O=C(Nc1ccc(F)cc1OC(F)F)c1cc(COc2cccc(Cl)c2)cs1. The molecule has 0 saturated heterocycles. The molecule has 0 aliphatic rings. The van der Waals surface area contributed by atoms with Crippen LogP contribution in [0.3, 0.4) is 0 Å². The Morgan fingerprint density at radius 3 is 2.75 bits per heavy atom. The minimum Gasteiger partial charge on any atom is -0.489 e. The van der Waals surface area contributed by atoms with Gasteiger partial charge in [0.05, 0.1) is 10.6 Å². The molecule has 0 aliphatic heterocycles. The van der Waals surface area contributed by atoms with E-state index in [1.54, 1.807) is 35.7 Å². The minimum atomic E-state index is -3.14. The summed E-state index contributed by atoms with van der Waals surface area (Å²) in [5, 5.41) is 4.72. The number of carbonyl (C=O) groups is 1. The molecular weight excluding hydrogens is 415 g/mol. The highest BCUT2D eigenvalue weighted by Crippen LogP contribution is 2.28. The standard InChI is InChI=1S/C19H13ClF3NO3S/c20-12-2-1-3-14(7-12)26-9-11-6-17(28-10-11)18(25)24-15-5-4-13(21)8-16(15)27-19(22)23/h1-8,10,19H,9H2,(H,24,25). The molecule has 0 saturated carbocycles. The number of carbonyl (C=O) groups excluding carboxylic acids is 1. The molecule has 0 atom stereocenters. The van der Waals surface area contributed by atoms with Crippen LogP contribution in [0.15, 0.2) is 53.9 Å². The number of ether oxygens (including phenoxy) is 2. The molecule has 9 heteroatoms. The van der Waals surface area contributed by atoms with E-state index in [2.05, 4.69) is 10.1 Å². The number of rotatable bonds is 7. The van der Waals surface area contributed by atoms with Crippen molar-refractivity contribution in [3.8, 4) is 11.5 Å². The molecular formula is C19H13ClF3NO3S. The Hall–Kier alpha value is -2.71. The van der Waals surface area contributed by atoms with Gasteiger partial charge < -0.3 is 14.8 Å². The first-order chi connectivity index (χ1) is 13.4. The molecule has 0 bridgehead atoms. The largest absolute Gasteiger partial charge is 0.489 e. The Morgan fingerprint density at radius 2 is 2.00 bits per heavy atom. The van der Waals surface area contributed by atoms with E-state index in [1.807, 2.05) is 0 Å². The Kier molecular flexibility index (Phi) is 6.43. The maximum Gasteiger partial charge on any atom is 0.387 e. The van der Waals surface area contributed by atoms with E-state index in [0.717, 1.165) is 35.1 Å². The average Bonchev–Trinajstić information content (AvgIpc) is 3.11. The zero-order valence-corrected chi connectivity index (χ0v) is 15.7. The van der Waals surface area contributed by atoms with Crippen molar-refractivity contribution in [3.63, 3.8) is 0 Å². The molecule has 3 aromatic rings. The summed E-state index contributed by atoms with van der Waals surface area (Å²) in [6.45, 7) is -2.92. The predicted molar refractivity (Wildman–Crippen MR) is 101 cm³/mol. The Bertz CT molecular complexity index is 981. The van der Waals surface area contributed by atoms with E-state index >= 15 is 0 Å². The quantitative estimate of drug-likeness (QED) is 0.505. The molecule has 0 fully saturated rings. The van der Waals surface area contributed by atoms with Crippen LogP contribution in [0.1, 0.15) is 15.2 Å². The fourth-order valence-electron chi connectivity index (χ4n) is 2.27. The van der Waals surface area contributed by atoms with Crippen LogP contribution in [0.5, 0.6) is 11.5 Å². The first-order valence-electron chi connectivity index (χ1n) is 7.92. The van der Waals surface area contributed by atoms with Gasteiger partial charge in [-0.3, -0.25) is 4.79 Å². The van der Waals surface area contributed by atoms with Crippen LogP contribution in [0.25, 0.3) is 0 Å². The third-order valence-corrected chi connectivity index (χ3v) is 4.70. The number of alkyl halides is 2. The third kappa shape index (κ3) is 5.40. The maximum absolute atomic E-state index is 13.3. The lowest BCUT2D eigenvalue weighted by atomic mass is 10.2. The van der Waals surface area contributed by atoms with Crippen molar-refractivity contribution in [2.75, 3.05) is 5.32 Å². The van der Waals surface area contributed by atoms with Gasteiger partial charge in [0, 0.05) is 16.7 Å². The first kappa shape index (κ1) is 20.0. The molecule has 28 heavy (non-hydrogen) atoms. The van der Waals surface area contributed by atoms with Crippen LogP contribution >= 0.6 is 22.9 Å². The van der Waals surface area contributed by atoms with Crippen molar-refractivity contribution in [2.45, 2.75) is 13.2 Å². The summed E-state index contributed by atoms with van der Waals surface area (Å²) in [6, 6.07) is 11.5. The molecule has 4 nitrogen and oxygen atoms in total. The summed E-state index contributed by atoms with van der Waals surface area (Å²) < 4.78 is 48.0. The van der Waals surface area contributed by atoms with E-state index in [0.29, 0.717) is 15.6 Å². The van der Waals surface area contributed by atoms with Gasteiger partial charge in [-0.25, -0.2) is 4.39 Å². The van der Waals surface area contributed by atoms with Gasteiger partial charge in [0.15, 0.2) is 5.75 Å². The van der Waals surface area contributed by atoms with Gasteiger partial charge in [-0.05, 0) is 41.8 Å². The smallest absolute Gasteiger partial charge is 0.387 e. The first-order valence-corrected chi connectivity index (χ1v) is 9.18. The summed E-state index contributed by atoms with van der Waals surface area (Å²) in [5.41, 5.74) is 0.690. The lowest BCUT2D eigenvalue weighted by Gasteiger charge is -2.11. The number of nitrogens with one attached hydrogen (secondary N) is 1. The van der Waals surface area contributed by atoms with E-state index in [4.69, 9.17) is 16.3 Å². The van der Waals surface area contributed by atoms with E-state index in [9.17, 15) is 18.0 Å². The Labute approximate surface area is 167 Å². The van der Waals surface area contributed by atoms with Crippen molar-refractivity contribution >= 4 is 34.5 Å². The molecule has 0 aliphatic carbocycles. The lowest BCUT2D eigenvalue weighted by molar-refractivity contribution is -0.0495. The van der Waals surface area contributed by atoms with Crippen LogP contribution in [0.2, 0.25) is 5.02 Å². The van der Waals surface area contributed by atoms with Gasteiger partial charge >= 0.3 is 6.61 Å². The van der Waals surface area contributed by atoms with Crippen LogP contribution in [-0.2, 0) is 6.61 Å². The third-order valence-electron chi connectivity index (χ3n) is 3.49. The summed E-state index contributed by atoms with van der Waals surface area (Å²) in [4.78, 5) is 12.7. The van der Waals surface area contributed by atoms with E-state index < -0.39 is 24.1 Å². The fourth-order valence-corrected chi connectivity index (χ4v) is 3.24. The van der Waals surface area contributed by atoms with E-state index in [-0.39, 0.29) is 12.3 Å². The van der Waals surface area contributed by atoms with Crippen molar-refractivity contribution in [2.24, 2.45) is 0 Å². The highest BCUT2D eigenvalue weighted by molar-refractivity contribution is 7.12. The number of hydrogen-bond donors (Lipinski definition) is 1. The second kappa shape index (κ2) is 8.99. The van der Waals surface area contributed by atoms with Gasteiger partial charge in [-0.1, -0.05) is 17.7 Å². The number of amides is 1. The number of thiophene rings is 1. The fraction of sp³-hybridized carbons (Fsp3) is 0.105. The molecule has 1 amide bonds. The zero-order chi connectivity index (χ0) is 20.1. The molecule has 0 radical (unpaired) electrons. The van der Waals surface area contributed by atoms with Gasteiger partial charge in [-0.15, -0.1) is 11.3 Å². The Morgan fingerprint density at radius 1 is 1.18 bits per heavy atom. The predicted octanol–water partition coefficient (Wildman–Crippen LogP) is 5.97. The van der Waals surface area contributed by atoms with Crippen molar-refractivity contribution in [3.05, 3.63) is 75.2 Å². The monoisotopic (exact) mass is 427 g/mol. The molecule has 3 rings (SSSR count). The normalized spacial score (nSPS) is 10.8. The van der Waals surface area contributed by atoms with Gasteiger partial charge in [-0.2, -0.15) is 8.78 Å².